The summed E-state index contributed by atoms with van der Waals surface area (Å²) in [6, 6.07) is 0. The number of rotatable bonds is 4. The smallest absolute Gasteiger partial charge is 0.466 e. The molecule has 1 saturated heterocycles. The summed E-state index contributed by atoms with van der Waals surface area (Å²) in [7, 11) is 0. The van der Waals surface area contributed by atoms with Crippen LogP contribution in [0.25, 0.3) is 0 Å². The molecule has 0 bridgehead atoms. The normalized spacial score (nSPS) is 19.8. The summed E-state index contributed by atoms with van der Waals surface area (Å²) in [5, 5.41) is 0. The number of hydrogen-bond acceptors (Lipinski definition) is 3. The molecule has 0 atom stereocenters. The van der Waals surface area contributed by atoms with Crippen LogP contribution in [-0.2, 0) is 9.53 Å². The highest BCUT2D eigenvalue weighted by atomic mass is 19.4. The average molecular weight is 238 g/mol. The minimum atomic E-state index is -4.76. The Morgan fingerprint density at radius 1 is 1.38 bits per heavy atom. The molecule has 7 heteroatoms. The van der Waals surface area contributed by atoms with Gasteiger partial charge in [-0.25, -0.2) is 0 Å². The van der Waals surface area contributed by atoms with Crippen molar-refractivity contribution >= 4 is 12.9 Å². The van der Waals surface area contributed by atoms with Gasteiger partial charge >= 0.3 is 12.9 Å². The van der Waals surface area contributed by atoms with Crippen LogP contribution in [0.5, 0.6) is 0 Å². The zero-order valence-electron chi connectivity index (χ0n) is 9.29. The topological polar surface area (TPSA) is 29.5 Å². The minimum absolute atomic E-state index is 0.225. The lowest BCUT2D eigenvalue weighted by Gasteiger charge is -2.33. The monoisotopic (exact) mass is 238 g/mol. The van der Waals surface area contributed by atoms with Crippen LogP contribution in [0.15, 0.2) is 0 Å². The molecule has 1 fully saturated rings. The van der Waals surface area contributed by atoms with E-state index in [-0.39, 0.29) is 11.9 Å². The van der Waals surface area contributed by atoms with Gasteiger partial charge in [0, 0.05) is 0 Å². The van der Waals surface area contributed by atoms with Crippen molar-refractivity contribution in [3.63, 3.8) is 0 Å². The average Bonchev–Trinajstić information content (AvgIpc) is 2.16. The van der Waals surface area contributed by atoms with Gasteiger partial charge in [-0.3, -0.25) is 4.79 Å². The molecule has 0 unspecified atom stereocenters. The van der Waals surface area contributed by atoms with Gasteiger partial charge in [0.2, 0.25) is 0 Å². The summed E-state index contributed by atoms with van der Waals surface area (Å²) in [5.74, 6) is -0.503. The van der Waals surface area contributed by atoms with E-state index >= 15 is 0 Å². The molecule has 1 aliphatic rings. The molecule has 94 valence electrons. The molecule has 3 nitrogen and oxygen atoms in total. The van der Waals surface area contributed by atoms with Gasteiger partial charge < -0.3 is 22.6 Å². The van der Waals surface area contributed by atoms with Gasteiger partial charge in [-0.05, 0) is 39.3 Å². The van der Waals surface area contributed by atoms with Gasteiger partial charge in [0.05, 0.1) is 12.5 Å². The summed E-state index contributed by atoms with van der Waals surface area (Å²) in [5.41, 5.74) is 0. The summed E-state index contributed by atoms with van der Waals surface area (Å²) < 4.78 is 41.3. The van der Waals surface area contributed by atoms with E-state index in [0.29, 0.717) is 32.5 Å². The van der Waals surface area contributed by atoms with Crippen molar-refractivity contribution in [1.82, 2.24) is 4.90 Å². The molecule has 16 heavy (non-hydrogen) atoms. The van der Waals surface area contributed by atoms with Crippen molar-refractivity contribution in [2.24, 2.45) is 5.92 Å². The van der Waals surface area contributed by atoms with E-state index in [2.05, 4.69) is 0 Å². The Balaban J connectivity index is 2.31. The van der Waals surface area contributed by atoms with Crippen LogP contribution in [-0.4, -0.2) is 44.0 Å². The van der Waals surface area contributed by atoms with Crippen LogP contribution in [0.4, 0.5) is 12.9 Å². The second kappa shape index (κ2) is 5.56. The van der Waals surface area contributed by atoms with Crippen molar-refractivity contribution in [2.75, 3.05) is 26.1 Å². The van der Waals surface area contributed by atoms with Crippen molar-refractivity contribution in [3.05, 3.63) is 0 Å². The Hall–Kier alpha value is -0.715. The Bertz CT molecular complexity index is 239. The zero-order valence-corrected chi connectivity index (χ0v) is 9.29. The first-order valence-corrected chi connectivity index (χ1v) is 5.52. The predicted octanol–water partition coefficient (Wildman–Crippen LogP) is 1.65. The SMILES string of the molecule is CCOC(=O)C1CCN(C[B-](F)(F)F)CC1. The maximum Gasteiger partial charge on any atom is 0.492 e. The quantitative estimate of drug-likeness (QED) is 0.550. The van der Waals surface area contributed by atoms with Gasteiger partial charge in [0.15, 0.2) is 0 Å². The first-order chi connectivity index (χ1) is 7.42. The van der Waals surface area contributed by atoms with Crippen molar-refractivity contribution in [2.45, 2.75) is 19.8 Å². The number of nitrogens with zero attached hydrogens (tertiary/aromatic N) is 1. The van der Waals surface area contributed by atoms with Gasteiger partial charge in [-0.1, -0.05) is 0 Å². The van der Waals surface area contributed by atoms with Gasteiger partial charge in [-0.2, -0.15) is 0 Å². The van der Waals surface area contributed by atoms with Crippen LogP contribution in [0.1, 0.15) is 19.8 Å². The van der Waals surface area contributed by atoms with Gasteiger partial charge in [-0.15, -0.1) is 0 Å². The summed E-state index contributed by atoms with van der Waals surface area (Å²) >= 11 is 0. The van der Waals surface area contributed by atoms with Crippen molar-refractivity contribution < 1.29 is 22.5 Å². The third-order valence-corrected chi connectivity index (χ3v) is 2.67. The lowest BCUT2D eigenvalue weighted by molar-refractivity contribution is -0.149. The van der Waals surface area contributed by atoms with E-state index in [4.69, 9.17) is 4.74 Å². The van der Waals surface area contributed by atoms with Gasteiger partial charge in [0.25, 0.3) is 0 Å². The standard InChI is InChI=1S/C9H16BF3NO2/c1-2-16-9(15)8-3-5-14(6-4-8)7-10(11,12)13/h8H,2-7H2,1H3/q-1. The molecule has 0 spiro atoms. The molecule has 0 saturated carbocycles. The molecular weight excluding hydrogens is 222 g/mol. The Morgan fingerprint density at radius 2 is 1.94 bits per heavy atom. The number of carbonyl (C=O) groups is 1. The third-order valence-electron chi connectivity index (χ3n) is 2.67. The highest BCUT2D eigenvalue weighted by molar-refractivity contribution is 6.58. The van der Waals surface area contributed by atoms with E-state index in [1.54, 1.807) is 6.92 Å². The number of hydrogen-bond donors (Lipinski definition) is 0. The number of esters is 1. The van der Waals surface area contributed by atoms with Crippen LogP contribution in [0.3, 0.4) is 0 Å². The maximum atomic E-state index is 12.1. The molecule has 0 radical (unpaired) electrons. The molecule has 0 N–H and O–H groups in total. The second-order valence-electron chi connectivity index (χ2n) is 4.04. The Morgan fingerprint density at radius 3 is 2.38 bits per heavy atom. The number of likely N-dealkylation sites (tertiary alicyclic amines) is 1. The zero-order chi connectivity index (χ0) is 12.2. The molecule has 0 aromatic rings. The Labute approximate surface area is 93.0 Å². The number of ether oxygens (including phenoxy) is 1. The molecule has 0 amide bonds. The summed E-state index contributed by atoms with van der Waals surface area (Å²) in [6.45, 7) is -2.07. The molecule has 1 rings (SSSR count). The molecule has 1 heterocycles. The van der Waals surface area contributed by atoms with Gasteiger partial charge in [0.1, 0.15) is 0 Å². The first-order valence-electron chi connectivity index (χ1n) is 5.52. The van der Waals surface area contributed by atoms with E-state index in [1.807, 2.05) is 0 Å². The highest BCUT2D eigenvalue weighted by Crippen LogP contribution is 2.21. The van der Waals surface area contributed by atoms with Crippen molar-refractivity contribution in [3.8, 4) is 0 Å². The molecule has 0 aromatic carbocycles. The van der Waals surface area contributed by atoms with Crippen LogP contribution in [0, 0.1) is 5.92 Å². The molecular formula is C9H16BF3NO2-. The van der Waals surface area contributed by atoms with Crippen LogP contribution >= 0.6 is 0 Å². The highest BCUT2D eigenvalue weighted by Gasteiger charge is 2.31. The summed E-state index contributed by atoms with van der Waals surface area (Å²) in [4.78, 5) is 12.7. The van der Waals surface area contributed by atoms with Crippen LogP contribution in [0.2, 0.25) is 0 Å². The molecule has 0 aliphatic carbocycles. The van der Waals surface area contributed by atoms with E-state index < -0.39 is 13.4 Å². The fourth-order valence-electron chi connectivity index (χ4n) is 1.90. The van der Waals surface area contributed by atoms with Crippen molar-refractivity contribution in [1.29, 1.82) is 0 Å². The summed E-state index contributed by atoms with van der Waals surface area (Å²) in [6.07, 6.45) is 0.103. The second-order valence-corrected chi connectivity index (χ2v) is 4.04. The number of halogens is 3. The number of carbonyl (C=O) groups excluding carboxylic acids is 1. The molecule has 1 aliphatic heterocycles. The fraction of sp³-hybridized carbons (Fsp3) is 0.889. The van der Waals surface area contributed by atoms with E-state index in [9.17, 15) is 17.7 Å². The lowest BCUT2D eigenvalue weighted by Crippen LogP contribution is -2.43. The maximum absolute atomic E-state index is 12.1. The first kappa shape index (κ1) is 13.4. The lowest BCUT2D eigenvalue weighted by atomic mass is 9.88. The van der Waals surface area contributed by atoms with Crippen LogP contribution < -0.4 is 0 Å². The fourth-order valence-corrected chi connectivity index (χ4v) is 1.90. The Kier molecular flexibility index (Phi) is 4.64. The van der Waals surface area contributed by atoms with E-state index in [1.165, 1.54) is 4.90 Å². The third kappa shape index (κ3) is 4.43. The largest absolute Gasteiger partial charge is 0.492 e. The van der Waals surface area contributed by atoms with E-state index in [0.717, 1.165) is 0 Å². The number of piperidine rings is 1. The predicted molar refractivity (Wildman–Crippen MR) is 54.9 cm³/mol. The minimum Gasteiger partial charge on any atom is -0.466 e. The molecule has 0 aromatic heterocycles.